The molecule has 0 aromatic heterocycles. The molecule has 0 aliphatic carbocycles. The molecule has 6 heteroatoms. The third kappa shape index (κ3) is 7.95. The standard InChI is InChI=1S/C32H30Br2O4/c1-36-28-15-10-25(11-16-28)23-6-8-24(9-7-23)26-12-17-29(18-13-26)37-20-4-2-3-5-21-38-32(35)30-22-27(33)14-19-31(30)34/h6-19,22H,2-5,20-21H2,1H3. The minimum absolute atomic E-state index is 0.307. The summed E-state index contributed by atoms with van der Waals surface area (Å²) in [4.78, 5) is 12.2. The molecule has 4 nitrogen and oxygen atoms in total. The van der Waals surface area contributed by atoms with E-state index in [0.717, 1.165) is 57.3 Å². The number of hydrogen-bond acceptors (Lipinski definition) is 4. The van der Waals surface area contributed by atoms with Crippen LogP contribution in [0.3, 0.4) is 0 Å². The first-order valence-corrected chi connectivity index (χ1v) is 14.2. The molecular formula is C32H30Br2O4. The summed E-state index contributed by atoms with van der Waals surface area (Å²) in [5, 5.41) is 0. The average molecular weight is 638 g/mol. The van der Waals surface area contributed by atoms with Gasteiger partial charge in [0.25, 0.3) is 0 Å². The molecule has 4 aromatic carbocycles. The number of carbonyl (C=O) groups excluding carboxylic acids is 1. The fraction of sp³-hybridized carbons (Fsp3) is 0.219. The number of esters is 1. The Balaban J connectivity index is 1.14. The van der Waals surface area contributed by atoms with Gasteiger partial charge in [0.05, 0.1) is 25.9 Å². The highest BCUT2D eigenvalue weighted by Crippen LogP contribution is 2.27. The minimum atomic E-state index is -0.307. The molecule has 4 rings (SSSR count). The van der Waals surface area contributed by atoms with E-state index in [2.05, 4.69) is 80.4 Å². The zero-order valence-corrected chi connectivity index (χ0v) is 24.5. The Morgan fingerprint density at radius 2 is 1.13 bits per heavy atom. The lowest BCUT2D eigenvalue weighted by Crippen LogP contribution is -2.07. The zero-order chi connectivity index (χ0) is 26.7. The molecule has 0 atom stereocenters. The number of benzene rings is 4. The molecule has 0 saturated carbocycles. The predicted molar refractivity (Wildman–Crippen MR) is 160 cm³/mol. The van der Waals surface area contributed by atoms with Crippen molar-refractivity contribution >= 4 is 37.8 Å². The summed E-state index contributed by atoms with van der Waals surface area (Å²) in [5.41, 5.74) is 5.19. The van der Waals surface area contributed by atoms with E-state index >= 15 is 0 Å². The van der Waals surface area contributed by atoms with Gasteiger partial charge in [0.1, 0.15) is 11.5 Å². The van der Waals surface area contributed by atoms with Crippen LogP contribution in [0, 0.1) is 0 Å². The molecule has 0 N–H and O–H groups in total. The van der Waals surface area contributed by atoms with Gasteiger partial charge in [0, 0.05) is 8.95 Å². The third-order valence-corrected chi connectivity index (χ3v) is 7.37. The van der Waals surface area contributed by atoms with E-state index < -0.39 is 0 Å². The highest BCUT2D eigenvalue weighted by molar-refractivity contribution is 9.11. The molecule has 38 heavy (non-hydrogen) atoms. The number of halogens is 2. The monoisotopic (exact) mass is 636 g/mol. The number of methoxy groups -OCH3 is 1. The molecule has 0 unspecified atom stereocenters. The van der Waals surface area contributed by atoms with Gasteiger partial charge >= 0.3 is 5.97 Å². The molecule has 0 aliphatic rings. The number of unbranched alkanes of at least 4 members (excludes halogenated alkanes) is 3. The summed E-state index contributed by atoms with van der Waals surface area (Å²) in [6.45, 7) is 1.09. The topological polar surface area (TPSA) is 44.8 Å². The summed E-state index contributed by atoms with van der Waals surface area (Å²) in [7, 11) is 1.68. The van der Waals surface area contributed by atoms with Crippen molar-refractivity contribution in [3.63, 3.8) is 0 Å². The van der Waals surface area contributed by atoms with Crippen LogP contribution in [0.25, 0.3) is 22.3 Å². The van der Waals surface area contributed by atoms with Gasteiger partial charge in [-0.15, -0.1) is 0 Å². The number of rotatable bonds is 12. The molecule has 0 fully saturated rings. The second kappa shape index (κ2) is 14.2. The number of ether oxygens (including phenoxy) is 3. The molecule has 0 aliphatic heterocycles. The molecular weight excluding hydrogens is 608 g/mol. The second-order valence-corrected chi connectivity index (χ2v) is 10.6. The summed E-state index contributed by atoms with van der Waals surface area (Å²) < 4.78 is 18.1. The van der Waals surface area contributed by atoms with Gasteiger partial charge in [0.15, 0.2) is 0 Å². The fourth-order valence-electron chi connectivity index (χ4n) is 4.03. The molecule has 0 heterocycles. The van der Waals surface area contributed by atoms with Gasteiger partial charge in [-0.05, 0) is 106 Å². The first kappa shape index (κ1) is 27.9. The quantitative estimate of drug-likeness (QED) is 0.115. The van der Waals surface area contributed by atoms with Gasteiger partial charge in [-0.1, -0.05) is 64.5 Å². The van der Waals surface area contributed by atoms with Crippen LogP contribution in [0.2, 0.25) is 0 Å². The minimum Gasteiger partial charge on any atom is -0.497 e. The van der Waals surface area contributed by atoms with Crippen molar-refractivity contribution in [1.82, 2.24) is 0 Å². The van der Waals surface area contributed by atoms with Crippen molar-refractivity contribution < 1.29 is 19.0 Å². The highest BCUT2D eigenvalue weighted by Gasteiger charge is 2.11. The van der Waals surface area contributed by atoms with Crippen LogP contribution >= 0.6 is 31.9 Å². The maximum atomic E-state index is 12.2. The van der Waals surface area contributed by atoms with Gasteiger partial charge < -0.3 is 14.2 Å². The van der Waals surface area contributed by atoms with E-state index in [-0.39, 0.29) is 5.97 Å². The zero-order valence-electron chi connectivity index (χ0n) is 21.3. The molecule has 0 amide bonds. The largest absolute Gasteiger partial charge is 0.497 e. The maximum Gasteiger partial charge on any atom is 0.339 e. The summed E-state index contributed by atoms with van der Waals surface area (Å²) in [5.74, 6) is 1.42. The van der Waals surface area contributed by atoms with E-state index in [1.165, 1.54) is 11.1 Å². The van der Waals surface area contributed by atoms with Gasteiger partial charge in [-0.25, -0.2) is 4.79 Å². The molecule has 0 spiro atoms. The average Bonchev–Trinajstić information content (AvgIpc) is 2.96. The van der Waals surface area contributed by atoms with Gasteiger partial charge in [-0.3, -0.25) is 0 Å². The van der Waals surface area contributed by atoms with Crippen LogP contribution in [0.1, 0.15) is 36.0 Å². The van der Waals surface area contributed by atoms with Crippen LogP contribution < -0.4 is 9.47 Å². The normalized spacial score (nSPS) is 10.7. The summed E-state index contributed by atoms with van der Waals surface area (Å²) >= 11 is 6.77. The Kier molecular flexibility index (Phi) is 10.4. The fourth-order valence-corrected chi connectivity index (χ4v) is 4.80. The van der Waals surface area contributed by atoms with E-state index in [0.29, 0.717) is 18.8 Å². The van der Waals surface area contributed by atoms with Crippen LogP contribution in [0.15, 0.2) is 99.9 Å². The Morgan fingerprint density at radius 3 is 1.68 bits per heavy atom. The molecule has 196 valence electrons. The summed E-state index contributed by atoms with van der Waals surface area (Å²) in [6.07, 6.45) is 3.81. The van der Waals surface area contributed by atoms with E-state index in [1.807, 2.05) is 36.4 Å². The SMILES string of the molecule is COc1ccc(-c2ccc(-c3ccc(OCCCCCCOC(=O)c4cc(Br)ccc4Br)cc3)cc2)cc1. The number of carbonyl (C=O) groups is 1. The lowest BCUT2D eigenvalue weighted by molar-refractivity contribution is 0.0496. The Hall–Kier alpha value is -3.09. The van der Waals surface area contributed by atoms with Crippen LogP contribution in [0.4, 0.5) is 0 Å². The Labute approximate surface area is 241 Å². The number of hydrogen-bond donors (Lipinski definition) is 0. The van der Waals surface area contributed by atoms with Crippen molar-refractivity contribution in [2.24, 2.45) is 0 Å². The maximum absolute atomic E-state index is 12.2. The Morgan fingerprint density at radius 1 is 0.632 bits per heavy atom. The molecule has 4 aromatic rings. The lowest BCUT2D eigenvalue weighted by Gasteiger charge is -2.09. The van der Waals surface area contributed by atoms with Crippen LogP contribution in [-0.2, 0) is 4.74 Å². The van der Waals surface area contributed by atoms with Crippen molar-refractivity contribution in [2.45, 2.75) is 25.7 Å². The third-order valence-electron chi connectivity index (χ3n) is 6.18. The van der Waals surface area contributed by atoms with Crippen molar-refractivity contribution in [3.8, 4) is 33.8 Å². The molecule has 0 saturated heterocycles. The van der Waals surface area contributed by atoms with Crippen molar-refractivity contribution in [2.75, 3.05) is 20.3 Å². The van der Waals surface area contributed by atoms with Crippen molar-refractivity contribution in [1.29, 1.82) is 0 Å². The molecule has 0 radical (unpaired) electrons. The van der Waals surface area contributed by atoms with E-state index in [9.17, 15) is 4.79 Å². The van der Waals surface area contributed by atoms with Crippen LogP contribution in [-0.4, -0.2) is 26.3 Å². The van der Waals surface area contributed by atoms with Crippen molar-refractivity contribution in [3.05, 3.63) is 106 Å². The first-order valence-electron chi connectivity index (χ1n) is 12.6. The first-order chi connectivity index (χ1) is 18.5. The lowest BCUT2D eigenvalue weighted by atomic mass is 10.0. The molecule has 0 bridgehead atoms. The Bertz CT molecular complexity index is 1320. The highest BCUT2D eigenvalue weighted by atomic mass is 79.9. The smallest absolute Gasteiger partial charge is 0.339 e. The van der Waals surface area contributed by atoms with E-state index in [1.54, 1.807) is 13.2 Å². The second-order valence-electron chi connectivity index (χ2n) is 8.85. The summed E-state index contributed by atoms with van der Waals surface area (Å²) in [6, 6.07) is 30.3. The predicted octanol–water partition coefficient (Wildman–Crippen LogP) is 9.35. The van der Waals surface area contributed by atoms with Crippen LogP contribution in [0.5, 0.6) is 11.5 Å². The van der Waals surface area contributed by atoms with E-state index in [4.69, 9.17) is 14.2 Å². The van der Waals surface area contributed by atoms with Gasteiger partial charge in [0.2, 0.25) is 0 Å². The van der Waals surface area contributed by atoms with Gasteiger partial charge in [-0.2, -0.15) is 0 Å².